The van der Waals surface area contributed by atoms with E-state index in [0.717, 1.165) is 20.2 Å². The maximum Gasteiger partial charge on any atom is 0.431 e. The summed E-state index contributed by atoms with van der Waals surface area (Å²) in [6.07, 6.45) is -3.64. The highest BCUT2D eigenvalue weighted by atomic mass is 35.5. The third kappa shape index (κ3) is 4.31. The Hall–Kier alpha value is -3.22. The minimum absolute atomic E-state index is 0.0968. The molecule has 0 bridgehead atoms. The average molecular weight is 507 g/mol. The number of esters is 1. The zero-order chi connectivity index (χ0) is 25.4. The number of hydrogen-bond donors (Lipinski definition) is 0. The molecule has 2 amide bonds. The monoisotopic (exact) mass is 506 g/mol. The van der Waals surface area contributed by atoms with Gasteiger partial charge in [-0.3, -0.25) is 14.5 Å². The van der Waals surface area contributed by atoms with Crippen LogP contribution in [-0.2, 0) is 24.0 Å². The van der Waals surface area contributed by atoms with E-state index in [4.69, 9.17) is 21.2 Å². The fourth-order valence-electron chi connectivity index (χ4n) is 3.93. The first-order valence-electron chi connectivity index (χ1n) is 9.83. The highest BCUT2D eigenvalue weighted by molar-refractivity contribution is 6.34. The molecule has 2 unspecified atom stereocenters. The number of alkyl halides is 3. The summed E-state index contributed by atoms with van der Waals surface area (Å²) >= 11 is 6.15. The van der Waals surface area contributed by atoms with Gasteiger partial charge in [0.25, 0.3) is 5.91 Å². The van der Waals surface area contributed by atoms with Gasteiger partial charge in [0.05, 0.1) is 18.1 Å². The quantitative estimate of drug-likeness (QED) is 0.254. The number of anilines is 1. The Kier molecular flexibility index (Phi) is 6.87. The zero-order valence-electron chi connectivity index (χ0n) is 18.2. The van der Waals surface area contributed by atoms with Gasteiger partial charge in [0.1, 0.15) is 17.1 Å². The summed E-state index contributed by atoms with van der Waals surface area (Å²) in [5.74, 6) is -4.31. The maximum atomic E-state index is 14.7. The lowest BCUT2D eigenvalue weighted by atomic mass is 9.86. The Morgan fingerprint density at radius 2 is 2.03 bits per heavy atom. The van der Waals surface area contributed by atoms with Crippen molar-refractivity contribution in [3.63, 3.8) is 0 Å². The molecule has 1 aliphatic carbocycles. The first-order chi connectivity index (χ1) is 15.9. The normalized spacial score (nSPS) is 21.9. The second-order valence-electron chi connectivity index (χ2n) is 7.66. The predicted octanol–water partition coefficient (Wildman–Crippen LogP) is 2.82. The number of pyridine rings is 1. The number of likely N-dealkylation sites (N-methyl/N-ethyl adjacent to an activating group) is 1. The Balaban J connectivity index is 2.00. The number of amides is 2. The Bertz CT molecular complexity index is 1090. The standard InChI is InChI=1S/C20H19ClF4N4O5/c1-28(9-30)13(20(23,24)25)8-14(31)29(2)17-12(22)7-11(21)16(26-17)15-10-5-4-6-19(10,34-27-15)18(32)33-3/h7-10H,4-6H2,1-3H3/b13-8-. The number of carbonyl (C=O) groups excluding carboxylic acids is 3. The smallest absolute Gasteiger partial charge is 0.431 e. The molecule has 1 aromatic rings. The molecule has 3 rings (SSSR count). The lowest BCUT2D eigenvalue weighted by Gasteiger charge is -2.24. The van der Waals surface area contributed by atoms with Crippen LogP contribution in [0.25, 0.3) is 0 Å². The van der Waals surface area contributed by atoms with Crippen LogP contribution in [0.5, 0.6) is 0 Å². The van der Waals surface area contributed by atoms with Crippen LogP contribution in [0.1, 0.15) is 25.0 Å². The molecule has 0 N–H and O–H groups in total. The molecule has 0 radical (unpaired) electrons. The summed E-state index contributed by atoms with van der Waals surface area (Å²) in [5.41, 5.74) is -2.91. The molecule has 2 atom stereocenters. The van der Waals surface area contributed by atoms with Gasteiger partial charge in [0, 0.05) is 26.6 Å². The molecule has 1 aliphatic heterocycles. The number of ether oxygens (including phenoxy) is 1. The maximum absolute atomic E-state index is 14.7. The minimum Gasteiger partial charge on any atom is -0.466 e. The molecule has 0 saturated heterocycles. The number of halogens is 5. The minimum atomic E-state index is -5.03. The van der Waals surface area contributed by atoms with Crippen molar-refractivity contribution in [2.75, 3.05) is 26.1 Å². The molecule has 2 aliphatic rings. The predicted molar refractivity (Wildman–Crippen MR) is 110 cm³/mol. The summed E-state index contributed by atoms with van der Waals surface area (Å²) in [5, 5.41) is 3.71. The number of fused-ring (bicyclic) bond motifs is 1. The molecular formula is C20H19ClF4N4O5. The van der Waals surface area contributed by atoms with Crippen molar-refractivity contribution in [3.8, 4) is 0 Å². The molecule has 1 fully saturated rings. The molecule has 1 saturated carbocycles. The second kappa shape index (κ2) is 9.20. The SMILES string of the molecule is COC(=O)C12CCCC1C(c1nc(N(C)C(=O)/C=C(\N(C)C=O)C(F)(F)F)c(F)cc1Cl)=NO2. The van der Waals surface area contributed by atoms with Crippen molar-refractivity contribution in [2.24, 2.45) is 11.1 Å². The molecule has 0 spiro atoms. The average Bonchev–Trinajstić information content (AvgIpc) is 3.35. The van der Waals surface area contributed by atoms with E-state index >= 15 is 0 Å². The van der Waals surface area contributed by atoms with Crippen LogP contribution in [0, 0.1) is 11.7 Å². The lowest BCUT2D eigenvalue weighted by Crippen LogP contribution is -2.44. The molecular weight excluding hydrogens is 488 g/mol. The van der Waals surface area contributed by atoms with Gasteiger partial charge in [-0.1, -0.05) is 16.8 Å². The number of aromatic nitrogens is 1. The first kappa shape index (κ1) is 25.4. The van der Waals surface area contributed by atoms with E-state index in [1.807, 2.05) is 0 Å². The van der Waals surface area contributed by atoms with Crippen molar-refractivity contribution in [3.05, 3.63) is 34.4 Å². The van der Waals surface area contributed by atoms with Crippen LogP contribution in [0.3, 0.4) is 0 Å². The fraction of sp³-hybridized carbons (Fsp3) is 0.450. The number of hydrogen-bond acceptors (Lipinski definition) is 7. The van der Waals surface area contributed by atoms with Gasteiger partial charge in [-0.2, -0.15) is 13.2 Å². The number of nitrogens with zero attached hydrogens (tertiary/aromatic N) is 4. The van der Waals surface area contributed by atoms with Crippen molar-refractivity contribution >= 4 is 41.4 Å². The largest absolute Gasteiger partial charge is 0.466 e. The third-order valence-electron chi connectivity index (χ3n) is 5.66. The van der Waals surface area contributed by atoms with Crippen LogP contribution in [0.4, 0.5) is 23.4 Å². The van der Waals surface area contributed by atoms with Gasteiger partial charge < -0.3 is 14.5 Å². The number of allylic oxidation sites excluding steroid dienone is 1. The number of oxime groups is 1. The Morgan fingerprint density at radius 3 is 2.62 bits per heavy atom. The van der Waals surface area contributed by atoms with Gasteiger partial charge >= 0.3 is 12.1 Å². The van der Waals surface area contributed by atoms with Crippen LogP contribution < -0.4 is 4.90 Å². The van der Waals surface area contributed by atoms with Crippen molar-refractivity contribution in [1.29, 1.82) is 0 Å². The number of carbonyl (C=O) groups is 3. The van der Waals surface area contributed by atoms with Gasteiger partial charge in [0.2, 0.25) is 12.0 Å². The first-order valence-corrected chi connectivity index (χ1v) is 10.2. The van der Waals surface area contributed by atoms with E-state index in [0.29, 0.717) is 24.2 Å². The van der Waals surface area contributed by atoms with E-state index in [1.165, 1.54) is 7.11 Å². The molecule has 34 heavy (non-hydrogen) atoms. The molecule has 184 valence electrons. The highest BCUT2D eigenvalue weighted by Gasteiger charge is 2.59. The topological polar surface area (TPSA) is 101 Å². The number of methoxy groups -OCH3 is 1. The van der Waals surface area contributed by atoms with E-state index in [-0.39, 0.29) is 33.8 Å². The van der Waals surface area contributed by atoms with Crippen molar-refractivity contribution in [2.45, 2.75) is 31.0 Å². The summed E-state index contributed by atoms with van der Waals surface area (Å²) in [6, 6.07) is 0.824. The van der Waals surface area contributed by atoms with Gasteiger partial charge in [-0.05, 0) is 18.9 Å². The second-order valence-corrected chi connectivity index (χ2v) is 8.07. The number of rotatable bonds is 6. The van der Waals surface area contributed by atoms with Crippen molar-refractivity contribution < 1.29 is 41.5 Å². The van der Waals surface area contributed by atoms with E-state index in [1.54, 1.807) is 0 Å². The zero-order valence-corrected chi connectivity index (χ0v) is 18.9. The molecule has 14 heteroatoms. The van der Waals surface area contributed by atoms with Crippen LogP contribution in [-0.4, -0.2) is 66.9 Å². The van der Waals surface area contributed by atoms with Crippen molar-refractivity contribution in [1.82, 2.24) is 9.88 Å². The van der Waals surface area contributed by atoms with E-state index < -0.39 is 46.9 Å². The summed E-state index contributed by atoms with van der Waals surface area (Å²) in [4.78, 5) is 45.8. The highest BCUT2D eigenvalue weighted by Crippen LogP contribution is 2.46. The molecule has 1 aromatic heterocycles. The Morgan fingerprint density at radius 1 is 1.35 bits per heavy atom. The van der Waals surface area contributed by atoms with Gasteiger partial charge in [-0.15, -0.1) is 0 Å². The summed E-state index contributed by atoms with van der Waals surface area (Å²) < 4.78 is 59.2. The molecule has 9 nitrogen and oxygen atoms in total. The van der Waals surface area contributed by atoms with E-state index in [2.05, 4.69) is 10.1 Å². The third-order valence-corrected chi connectivity index (χ3v) is 5.95. The van der Waals surface area contributed by atoms with E-state index in [9.17, 15) is 31.9 Å². The lowest BCUT2D eigenvalue weighted by molar-refractivity contribution is -0.168. The summed E-state index contributed by atoms with van der Waals surface area (Å²) in [7, 11) is 3.00. The molecule has 2 heterocycles. The van der Waals surface area contributed by atoms with Crippen LogP contribution in [0.2, 0.25) is 5.02 Å². The molecule has 0 aromatic carbocycles. The Labute approximate surface area is 195 Å². The van der Waals surface area contributed by atoms with Gasteiger partial charge in [0.15, 0.2) is 11.6 Å². The summed E-state index contributed by atoms with van der Waals surface area (Å²) in [6.45, 7) is 0. The van der Waals surface area contributed by atoms with Crippen LogP contribution in [0.15, 0.2) is 23.0 Å². The van der Waals surface area contributed by atoms with Crippen LogP contribution >= 0.6 is 11.6 Å². The van der Waals surface area contributed by atoms with Gasteiger partial charge in [-0.25, -0.2) is 14.2 Å². The fourth-order valence-corrected chi connectivity index (χ4v) is 4.17.